The van der Waals surface area contributed by atoms with Crippen LogP contribution in [0.5, 0.6) is 0 Å². The number of nitrogens with one attached hydrogen (secondary N) is 1. The molecule has 0 saturated carbocycles. The first kappa shape index (κ1) is 21.7. The number of carbonyl (C=O) groups excluding carboxylic acids is 1. The van der Waals surface area contributed by atoms with E-state index in [0.29, 0.717) is 22.7 Å². The molecule has 0 bridgehead atoms. The van der Waals surface area contributed by atoms with E-state index in [4.69, 9.17) is 0 Å². The number of nitro benzene ring substituents is 1. The van der Waals surface area contributed by atoms with Crippen molar-refractivity contribution >= 4 is 39.8 Å². The summed E-state index contributed by atoms with van der Waals surface area (Å²) < 4.78 is 1.87. The van der Waals surface area contributed by atoms with Crippen molar-refractivity contribution in [3.63, 3.8) is 0 Å². The minimum atomic E-state index is -0.445. The van der Waals surface area contributed by atoms with Crippen LogP contribution in [0.3, 0.4) is 0 Å². The monoisotopic (exact) mass is 466 g/mol. The van der Waals surface area contributed by atoms with Gasteiger partial charge in [0.2, 0.25) is 5.91 Å². The molecule has 2 aromatic carbocycles. The number of thioether (sulfide) groups is 1. The lowest BCUT2D eigenvalue weighted by Gasteiger charge is -2.07. The van der Waals surface area contributed by atoms with Crippen LogP contribution in [-0.4, -0.2) is 36.3 Å². The van der Waals surface area contributed by atoms with Crippen LogP contribution in [0.15, 0.2) is 65.1 Å². The molecular weight excluding hydrogens is 448 g/mol. The average Bonchev–Trinajstić information content (AvgIpc) is 3.45. The van der Waals surface area contributed by atoms with Gasteiger partial charge < -0.3 is 9.88 Å². The number of benzene rings is 2. The summed E-state index contributed by atoms with van der Waals surface area (Å²) in [5, 5.41) is 25.1. The standard InChI is InChI=1S/C21H18N6O3S2/c1-2-26-19(15-8-10-16(11-9-15)27(29)30)24-25-21(26)32-13-18(28)23-20-22-17(12-31-20)14-6-4-3-5-7-14/h3-12H,2,13H2,1H3,(H,22,23,28). The number of rotatable bonds is 8. The van der Waals surface area contributed by atoms with Gasteiger partial charge in [0.1, 0.15) is 0 Å². The van der Waals surface area contributed by atoms with E-state index in [0.717, 1.165) is 16.8 Å². The van der Waals surface area contributed by atoms with Crippen LogP contribution in [0, 0.1) is 10.1 Å². The summed E-state index contributed by atoms with van der Waals surface area (Å²) in [4.78, 5) is 27.3. The lowest BCUT2D eigenvalue weighted by atomic mass is 10.2. The lowest BCUT2D eigenvalue weighted by Crippen LogP contribution is -2.14. The number of nitrogens with zero attached hydrogens (tertiary/aromatic N) is 5. The number of thiazole rings is 1. The Morgan fingerprint density at radius 1 is 1.12 bits per heavy atom. The highest BCUT2D eigenvalue weighted by Gasteiger charge is 2.16. The molecule has 0 aliphatic carbocycles. The van der Waals surface area contributed by atoms with E-state index < -0.39 is 4.92 Å². The van der Waals surface area contributed by atoms with Crippen LogP contribution in [0.25, 0.3) is 22.6 Å². The molecule has 2 aromatic heterocycles. The van der Waals surface area contributed by atoms with E-state index in [1.807, 2.05) is 47.2 Å². The maximum atomic E-state index is 12.4. The summed E-state index contributed by atoms with van der Waals surface area (Å²) in [5.41, 5.74) is 2.54. The van der Waals surface area contributed by atoms with E-state index in [2.05, 4.69) is 20.5 Å². The highest BCUT2D eigenvalue weighted by atomic mass is 32.2. The molecule has 4 aromatic rings. The Hall–Kier alpha value is -3.57. The van der Waals surface area contributed by atoms with E-state index in [1.165, 1.54) is 35.2 Å². The molecular formula is C21H18N6O3S2. The zero-order valence-electron chi connectivity index (χ0n) is 17.0. The molecule has 0 radical (unpaired) electrons. The van der Waals surface area contributed by atoms with Crippen molar-refractivity contribution in [2.75, 3.05) is 11.1 Å². The highest BCUT2D eigenvalue weighted by Crippen LogP contribution is 2.27. The predicted molar refractivity (Wildman–Crippen MR) is 125 cm³/mol. The first-order valence-corrected chi connectivity index (χ1v) is 11.5. The van der Waals surface area contributed by atoms with Gasteiger partial charge in [0.25, 0.3) is 5.69 Å². The van der Waals surface area contributed by atoms with E-state index in [-0.39, 0.29) is 17.3 Å². The Bertz CT molecular complexity index is 1240. The molecule has 0 spiro atoms. The molecule has 0 saturated heterocycles. The lowest BCUT2D eigenvalue weighted by molar-refractivity contribution is -0.384. The number of aromatic nitrogens is 4. The highest BCUT2D eigenvalue weighted by molar-refractivity contribution is 7.99. The second-order valence-electron chi connectivity index (χ2n) is 6.60. The molecule has 162 valence electrons. The van der Waals surface area contributed by atoms with Crippen LogP contribution in [0.1, 0.15) is 6.92 Å². The molecule has 32 heavy (non-hydrogen) atoms. The maximum absolute atomic E-state index is 12.4. The van der Waals surface area contributed by atoms with Crippen LogP contribution >= 0.6 is 23.1 Å². The Balaban J connectivity index is 1.40. The van der Waals surface area contributed by atoms with Crippen LogP contribution in [-0.2, 0) is 11.3 Å². The van der Waals surface area contributed by atoms with Gasteiger partial charge in [-0.05, 0) is 19.1 Å². The first-order valence-electron chi connectivity index (χ1n) is 9.66. The summed E-state index contributed by atoms with van der Waals surface area (Å²) in [7, 11) is 0. The zero-order valence-corrected chi connectivity index (χ0v) is 18.6. The number of amides is 1. The second kappa shape index (κ2) is 9.71. The third kappa shape index (κ3) is 4.84. The molecule has 11 heteroatoms. The van der Waals surface area contributed by atoms with Gasteiger partial charge in [-0.2, -0.15) is 0 Å². The minimum absolute atomic E-state index is 0.0141. The van der Waals surface area contributed by atoms with E-state index in [1.54, 1.807) is 12.1 Å². The smallest absolute Gasteiger partial charge is 0.269 e. The molecule has 0 unspecified atom stereocenters. The van der Waals surface area contributed by atoms with Gasteiger partial charge in [0.15, 0.2) is 16.1 Å². The SMILES string of the molecule is CCn1c(SCC(=O)Nc2nc(-c3ccccc3)cs2)nnc1-c1ccc([N+](=O)[O-])cc1. The quantitative estimate of drug-likeness (QED) is 0.227. The van der Waals surface area contributed by atoms with Gasteiger partial charge in [0, 0.05) is 35.2 Å². The van der Waals surface area contributed by atoms with Crippen molar-refractivity contribution in [2.24, 2.45) is 0 Å². The fourth-order valence-corrected chi connectivity index (χ4v) is 4.52. The number of anilines is 1. The topological polar surface area (TPSA) is 116 Å². The number of hydrogen-bond acceptors (Lipinski definition) is 8. The van der Waals surface area contributed by atoms with Gasteiger partial charge in [-0.15, -0.1) is 21.5 Å². The molecule has 1 N–H and O–H groups in total. The molecule has 2 heterocycles. The van der Waals surface area contributed by atoms with Crippen molar-refractivity contribution in [3.8, 4) is 22.6 Å². The Morgan fingerprint density at radius 2 is 1.88 bits per heavy atom. The zero-order chi connectivity index (χ0) is 22.5. The second-order valence-corrected chi connectivity index (χ2v) is 8.40. The van der Waals surface area contributed by atoms with Gasteiger partial charge >= 0.3 is 0 Å². The van der Waals surface area contributed by atoms with E-state index >= 15 is 0 Å². The van der Waals surface area contributed by atoms with Gasteiger partial charge in [-0.3, -0.25) is 14.9 Å². The Morgan fingerprint density at radius 3 is 2.56 bits per heavy atom. The Kier molecular flexibility index (Phi) is 6.57. The van der Waals surface area contributed by atoms with Crippen molar-refractivity contribution in [2.45, 2.75) is 18.6 Å². The minimum Gasteiger partial charge on any atom is -0.302 e. The van der Waals surface area contributed by atoms with Crippen LogP contribution < -0.4 is 5.32 Å². The largest absolute Gasteiger partial charge is 0.302 e. The Labute approximate surface area is 191 Å². The summed E-state index contributed by atoms with van der Waals surface area (Å²) in [5.74, 6) is 0.558. The summed E-state index contributed by atoms with van der Waals surface area (Å²) in [6.45, 7) is 2.54. The molecule has 9 nitrogen and oxygen atoms in total. The van der Waals surface area contributed by atoms with Crippen LogP contribution in [0.2, 0.25) is 0 Å². The summed E-state index contributed by atoms with van der Waals surface area (Å²) in [6, 6.07) is 15.9. The number of nitro groups is 1. The average molecular weight is 467 g/mol. The number of non-ortho nitro benzene ring substituents is 1. The molecule has 0 aliphatic heterocycles. The van der Waals surface area contributed by atoms with Crippen molar-refractivity contribution in [1.29, 1.82) is 0 Å². The van der Waals surface area contributed by atoms with Gasteiger partial charge in [0.05, 0.1) is 16.4 Å². The summed E-state index contributed by atoms with van der Waals surface area (Å²) in [6.07, 6.45) is 0. The normalized spacial score (nSPS) is 10.8. The summed E-state index contributed by atoms with van der Waals surface area (Å²) >= 11 is 2.64. The van der Waals surface area contributed by atoms with Gasteiger partial charge in [-0.25, -0.2) is 4.98 Å². The third-order valence-corrected chi connectivity index (χ3v) is 6.25. The fraction of sp³-hybridized carbons (Fsp3) is 0.143. The molecule has 4 rings (SSSR count). The van der Waals surface area contributed by atoms with E-state index in [9.17, 15) is 14.9 Å². The predicted octanol–water partition coefficient (Wildman–Crippen LogP) is 4.73. The van der Waals surface area contributed by atoms with Crippen molar-refractivity contribution < 1.29 is 9.72 Å². The van der Waals surface area contributed by atoms with Gasteiger partial charge in [-0.1, -0.05) is 42.1 Å². The van der Waals surface area contributed by atoms with Crippen molar-refractivity contribution in [3.05, 3.63) is 70.1 Å². The molecule has 0 aliphatic rings. The number of hydrogen-bond donors (Lipinski definition) is 1. The fourth-order valence-electron chi connectivity index (χ4n) is 2.98. The maximum Gasteiger partial charge on any atom is 0.269 e. The first-order chi connectivity index (χ1) is 15.5. The van der Waals surface area contributed by atoms with Crippen molar-refractivity contribution in [1.82, 2.24) is 19.7 Å². The third-order valence-electron chi connectivity index (χ3n) is 4.52. The molecule has 0 atom stereocenters. The number of carbonyl (C=O) groups is 1. The molecule has 0 fully saturated rings. The molecule has 1 amide bonds. The van der Waals surface area contributed by atoms with Crippen LogP contribution in [0.4, 0.5) is 10.8 Å².